The van der Waals surface area contributed by atoms with Crippen LogP contribution in [-0.2, 0) is 0 Å². The van der Waals surface area contributed by atoms with Crippen LogP contribution in [0.5, 0.6) is 0 Å². The molecule has 0 fully saturated rings. The van der Waals surface area contributed by atoms with Gasteiger partial charge in [-0.2, -0.15) is 9.50 Å². The van der Waals surface area contributed by atoms with Gasteiger partial charge >= 0.3 is 0 Å². The zero-order valence-electron chi connectivity index (χ0n) is 12.9. The summed E-state index contributed by atoms with van der Waals surface area (Å²) in [5.74, 6) is 0.505. The number of fused-ring (bicyclic) bond motifs is 3. The van der Waals surface area contributed by atoms with Gasteiger partial charge in [-0.1, -0.05) is 27.7 Å². The van der Waals surface area contributed by atoms with Crippen LogP contribution in [-0.4, -0.2) is 30.4 Å². The predicted molar refractivity (Wildman–Crippen MR) is 98.1 cm³/mol. The van der Waals surface area contributed by atoms with Crippen LogP contribution in [0.3, 0.4) is 0 Å². The van der Waals surface area contributed by atoms with Gasteiger partial charge in [0, 0.05) is 16.4 Å². The van der Waals surface area contributed by atoms with Crippen molar-refractivity contribution in [3.63, 3.8) is 0 Å². The molecule has 0 unspecified atom stereocenters. The molecule has 120 valence electrons. The molecule has 3 aromatic heterocycles. The van der Waals surface area contributed by atoms with Crippen molar-refractivity contribution in [2.24, 2.45) is 0 Å². The van der Waals surface area contributed by atoms with Crippen molar-refractivity contribution in [2.75, 3.05) is 6.26 Å². The molecule has 0 spiro atoms. The molecule has 0 aliphatic heterocycles. The van der Waals surface area contributed by atoms with E-state index >= 15 is 0 Å². The molecule has 0 aliphatic carbocycles. The van der Waals surface area contributed by atoms with Crippen LogP contribution in [0.1, 0.15) is 5.69 Å². The van der Waals surface area contributed by atoms with Crippen LogP contribution in [0.2, 0.25) is 0 Å². The number of thioether (sulfide) groups is 1. The highest BCUT2D eigenvalue weighted by Gasteiger charge is 2.14. The Labute approximate surface area is 149 Å². The van der Waals surface area contributed by atoms with Crippen LogP contribution >= 0.6 is 27.7 Å². The summed E-state index contributed by atoms with van der Waals surface area (Å²) in [5, 5.41) is 5.58. The number of halogens is 1. The van der Waals surface area contributed by atoms with Crippen molar-refractivity contribution in [1.82, 2.24) is 24.1 Å². The third kappa shape index (κ3) is 2.33. The van der Waals surface area contributed by atoms with E-state index < -0.39 is 0 Å². The average Bonchev–Trinajstić information content (AvgIpc) is 2.99. The highest BCUT2D eigenvalue weighted by atomic mass is 79.9. The topological polar surface area (TPSA) is 65.1 Å². The molecule has 6 nitrogen and oxygen atoms in total. The Balaban J connectivity index is 2.05. The Morgan fingerprint density at radius 1 is 1.12 bits per heavy atom. The summed E-state index contributed by atoms with van der Waals surface area (Å²) in [5.41, 5.74) is 2.04. The van der Waals surface area contributed by atoms with E-state index in [1.165, 1.54) is 11.8 Å². The second-order valence-corrected chi connectivity index (χ2v) is 6.92. The van der Waals surface area contributed by atoms with E-state index in [2.05, 4.69) is 31.0 Å². The minimum Gasteiger partial charge on any atom is -0.284 e. The Morgan fingerprint density at radius 2 is 1.88 bits per heavy atom. The maximum absolute atomic E-state index is 13.0. The fourth-order valence-corrected chi connectivity index (χ4v) is 3.26. The second kappa shape index (κ2) is 5.71. The summed E-state index contributed by atoms with van der Waals surface area (Å²) in [6, 6.07) is 9.46. The fraction of sp³-hybridized carbons (Fsp3) is 0.125. The summed E-state index contributed by atoms with van der Waals surface area (Å²) in [6.45, 7) is 1.82. The normalized spacial score (nSPS) is 11.5. The molecule has 3 heterocycles. The SMILES string of the molecule is CSc1nc2nc(C)c3c(=O)n(-c4ccc(Br)cc4)ccc3n2n1. The third-order valence-electron chi connectivity index (χ3n) is 3.79. The molecule has 0 saturated heterocycles. The summed E-state index contributed by atoms with van der Waals surface area (Å²) in [7, 11) is 0. The monoisotopic (exact) mass is 401 g/mol. The minimum atomic E-state index is -0.122. The summed E-state index contributed by atoms with van der Waals surface area (Å²) in [4.78, 5) is 21.8. The number of benzene rings is 1. The van der Waals surface area contributed by atoms with Crippen molar-refractivity contribution >= 4 is 44.4 Å². The molecule has 0 saturated carbocycles. The summed E-state index contributed by atoms with van der Waals surface area (Å²) >= 11 is 4.85. The van der Waals surface area contributed by atoms with E-state index in [9.17, 15) is 4.79 Å². The zero-order chi connectivity index (χ0) is 16.8. The number of rotatable bonds is 2. The fourth-order valence-electron chi connectivity index (χ4n) is 2.66. The largest absolute Gasteiger partial charge is 0.284 e. The van der Waals surface area contributed by atoms with E-state index in [1.807, 2.05) is 43.5 Å². The highest BCUT2D eigenvalue weighted by molar-refractivity contribution is 9.10. The van der Waals surface area contributed by atoms with Gasteiger partial charge in [0.25, 0.3) is 11.3 Å². The van der Waals surface area contributed by atoms with E-state index in [0.717, 1.165) is 10.2 Å². The molecular formula is C16H12BrN5OS. The molecule has 0 amide bonds. The third-order valence-corrected chi connectivity index (χ3v) is 4.85. The van der Waals surface area contributed by atoms with Crippen molar-refractivity contribution in [1.29, 1.82) is 0 Å². The van der Waals surface area contributed by atoms with Crippen molar-refractivity contribution in [3.05, 3.63) is 57.0 Å². The molecule has 0 aliphatic rings. The molecular weight excluding hydrogens is 390 g/mol. The summed E-state index contributed by atoms with van der Waals surface area (Å²) < 4.78 is 4.20. The lowest BCUT2D eigenvalue weighted by atomic mass is 10.2. The van der Waals surface area contributed by atoms with Crippen LogP contribution in [0.15, 0.2) is 51.0 Å². The maximum atomic E-state index is 13.0. The molecule has 24 heavy (non-hydrogen) atoms. The zero-order valence-corrected chi connectivity index (χ0v) is 15.3. The van der Waals surface area contributed by atoms with Gasteiger partial charge in [-0.05, 0) is 43.5 Å². The van der Waals surface area contributed by atoms with E-state index in [0.29, 0.717) is 27.5 Å². The number of pyridine rings is 1. The van der Waals surface area contributed by atoms with Crippen LogP contribution in [0.25, 0.3) is 22.4 Å². The van der Waals surface area contributed by atoms with Gasteiger partial charge in [-0.3, -0.25) is 9.36 Å². The number of aryl methyl sites for hydroxylation is 1. The van der Waals surface area contributed by atoms with Crippen molar-refractivity contribution in [3.8, 4) is 5.69 Å². The van der Waals surface area contributed by atoms with Gasteiger partial charge in [0.05, 0.1) is 16.6 Å². The first kappa shape index (κ1) is 15.3. The lowest BCUT2D eigenvalue weighted by molar-refractivity contribution is 0.901. The van der Waals surface area contributed by atoms with Crippen molar-refractivity contribution < 1.29 is 0 Å². The maximum Gasteiger partial charge on any atom is 0.266 e. The lowest BCUT2D eigenvalue weighted by Crippen LogP contribution is -2.20. The molecule has 1 aromatic carbocycles. The molecule has 4 aromatic rings. The number of hydrogen-bond acceptors (Lipinski definition) is 5. The molecule has 0 atom stereocenters. The Hall–Kier alpha value is -2.19. The Kier molecular flexibility index (Phi) is 3.65. The number of hydrogen-bond donors (Lipinski definition) is 0. The first-order chi connectivity index (χ1) is 11.6. The molecule has 4 rings (SSSR count). The molecule has 0 bridgehead atoms. The van der Waals surface area contributed by atoms with Gasteiger partial charge < -0.3 is 0 Å². The molecule has 0 N–H and O–H groups in total. The van der Waals surface area contributed by atoms with Gasteiger partial charge in [0.15, 0.2) is 0 Å². The van der Waals surface area contributed by atoms with E-state index in [4.69, 9.17) is 0 Å². The van der Waals surface area contributed by atoms with Gasteiger partial charge in [-0.15, -0.1) is 5.10 Å². The Bertz CT molecular complexity index is 1130. The lowest BCUT2D eigenvalue weighted by Gasteiger charge is -2.09. The second-order valence-electron chi connectivity index (χ2n) is 5.24. The quantitative estimate of drug-likeness (QED) is 0.482. The van der Waals surface area contributed by atoms with Crippen molar-refractivity contribution in [2.45, 2.75) is 12.1 Å². The van der Waals surface area contributed by atoms with Gasteiger partial charge in [0.2, 0.25) is 5.16 Å². The number of nitrogens with zero attached hydrogens (tertiary/aromatic N) is 5. The van der Waals surface area contributed by atoms with Gasteiger partial charge in [0.1, 0.15) is 0 Å². The smallest absolute Gasteiger partial charge is 0.266 e. The first-order valence-electron chi connectivity index (χ1n) is 7.17. The van der Waals surface area contributed by atoms with Crippen LogP contribution in [0.4, 0.5) is 0 Å². The predicted octanol–water partition coefficient (Wildman–Crippen LogP) is 3.22. The van der Waals surface area contributed by atoms with E-state index in [1.54, 1.807) is 15.3 Å². The van der Waals surface area contributed by atoms with Crippen LogP contribution in [0, 0.1) is 6.92 Å². The molecule has 0 radical (unpaired) electrons. The first-order valence-corrected chi connectivity index (χ1v) is 9.19. The number of aromatic nitrogens is 5. The molecule has 8 heteroatoms. The summed E-state index contributed by atoms with van der Waals surface area (Å²) in [6.07, 6.45) is 3.66. The standard InChI is InChI=1S/C16H12BrN5OS/c1-9-13-12(22-15(18-9)19-16(20-22)24-2)7-8-21(14(13)23)11-5-3-10(17)4-6-11/h3-8H,1-2H3. The Morgan fingerprint density at radius 3 is 2.58 bits per heavy atom. The highest BCUT2D eigenvalue weighted by Crippen LogP contribution is 2.19. The van der Waals surface area contributed by atoms with E-state index in [-0.39, 0.29) is 5.56 Å². The van der Waals surface area contributed by atoms with Crippen LogP contribution < -0.4 is 5.56 Å². The minimum absolute atomic E-state index is 0.122. The van der Waals surface area contributed by atoms with Gasteiger partial charge in [-0.25, -0.2) is 4.98 Å². The average molecular weight is 402 g/mol.